The Balaban J connectivity index is 2.03. The minimum absolute atomic E-state index is 0.0976. The lowest BCUT2D eigenvalue weighted by atomic mass is 10.0. The minimum atomic E-state index is 0.0976. The molecule has 116 valence electrons. The van der Waals surface area contributed by atoms with Crippen molar-refractivity contribution in [2.45, 2.75) is 38.9 Å². The van der Waals surface area contributed by atoms with E-state index in [1.165, 1.54) is 5.69 Å². The maximum atomic E-state index is 5.59. The molecule has 1 saturated heterocycles. The van der Waals surface area contributed by atoms with Crippen molar-refractivity contribution in [3.8, 4) is 0 Å². The summed E-state index contributed by atoms with van der Waals surface area (Å²) in [6.07, 6.45) is 5.05. The topological polar surface area (TPSA) is 33.1 Å². The molecular weight excluding hydrogens is 292 g/mol. The van der Waals surface area contributed by atoms with Gasteiger partial charge in [0.2, 0.25) is 0 Å². The van der Waals surface area contributed by atoms with Gasteiger partial charge in [0.05, 0.1) is 17.8 Å². The van der Waals surface area contributed by atoms with Gasteiger partial charge in [-0.25, -0.2) is 0 Å². The molecule has 2 aromatic rings. The van der Waals surface area contributed by atoms with E-state index in [9.17, 15) is 0 Å². The van der Waals surface area contributed by atoms with Crippen LogP contribution in [0.25, 0.3) is 0 Å². The van der Waals surface area contributed by atoms with Gasteiger partial charge >= 0.3 is 0 Å². The van der Waals surface area contributed by atoms with Crippen molar-refractivity contribution in [1.82, 2.24) is 19.8 Å². The number of nitrogens with one attached hydrogen (secondary N) is 1. The highest BCUT2D eigenvalue weighted by Gasteiger charge is 2.40. The van der Waals surface area contributed by atoms with Gasteiger partial charge in [-0.1, -0.05) is 13.0 Å². The fraction of sp³-hybridized carbons (Fsp3) is 0.412. The summed E-state index contributed by atoms with van der Waals surface area (Å²) in [6, 6.07) is 10.7. The number of thiocarbonyl (C=S) groups is 1. The zero-order valence-electron chi connectivity index (χ0n) is 13.1. The Labute approximate surface area is 137 Å². The smallest absolute Gasteiger partial charge is 0.170 e. The second-order valence-electron chi connectivity index (χ2n) is 5.54. The molecule has 22 heavy (non-hydrogen) atoms. The number of aryl methyl sites for hydroxylation is 1. The Morgan fingerprint density at radius 3 is 2.77 bits per heavy atom. The summed E-state index contributed by atoms with van der Waals surface area (Å²) in [7, 11) is 0. The zero-order valence-corrected chi connectivity index (χ0v) is 13.9. The highest BCUT2D eigenvalue weighted by molar-refractivity contribution is 7.80. The zero-order chi connectivity index (χ0) is 15.5. The molecule has 5 heteroatoms. The van der Waals surface area contributed by atoms with Gasteiger partial charge in [-0.15, -0.1) is 0 Å². The van der Waals surface area contributed by atoms with Gasteiger partial charge in [0.15, 0.2) is 5.11 Å². The van der Waals surface area contributed by atoms with E-state index in [1.807, 2.05) is 18.3 Å². The molecule has 4 nitrogen and oxygen atoms in total. The van der Waals surface area contributed by atoms with Gasteiger partial charge < -0.3 is 14.8 Å². The first kappa shape index (κ1) is 15.0. The number of hydrogen-bond donors (Lipinski definition) is 1. The van der Waals surface area contributed by atoms with Crippen LogP contribution in [0.2, 0.25) is 0 Å². The lowest BCUT2D eigenvalue weighted by molar-refractivity contribution is 0.304. The summed E-state index contributed by atoms with van der Waals surface area (Å²) < 4.78 is 2.29. The van der Waals surface area contributed by atoms with Crippen molar-refractivity contribution in [3.05, 3.63) is 54.1 Å². The SMILES string of the molecule is CCCN1C(=S)N[C@H](c2ccccn2)[C@@H]1c1cccn1CC. The predicted octanol–water partition coefficient (Wildman–Crippen LogP) is 3.29. The Hall–Kier alpha value is -1.88. The fourth-order valence-electron chi connectivity index (χ4n) is 3.19. The van der Waals surface area contributed by atoms with Gasteiger partial charge in [-0.05, 0) is 49.8 Å². The largest absolute Gasteiger partial charge is 0.352 e. The molecule has 0 amide bonds. The van der Waals surface area contributed by atoms with Crippen LogP contribution in [0.3, 0.4) is 0 Å². The van der Waals surface area contributed by atoms with Crippen molar-refractivity contribution in [2.24, 2.45) is 0 Å². The summed E-state index contributed by atoms with van der Waals surface area (Å²) in [5.74, 6) is 0. The molecular formula is C17H22N4S. The monoisotopic (exact) mass is 314 g/mol. The molecule has 0 unspecified atom stereocenters. The number of aromatic nitrogens is 2. The normalized spacial score (nSPS) is 21.2. The first-order chi connectivity index (χ1) is 10.8. The van der Waals surface area contributed by atoms with Crippen LogP contribution in [0, 0.1) is 0 Å². The predicted molar refractivity (Wildman–Crippen MR) is 92.6 cm³/mol. The molecule has 1 aliphatic rings. The average molecular weight is 314 g/mol. The fourth-order valence-corrected chi connectivity index (χ4v) is 3.52. The molecule has 1 N–H and O–H groups in total. The Bertz CT molecular complexity index is 637. The molecule has 0 saturated carbocycles. The van der Waals surface area contributed by atoms with Crippen LogP contribution >= 0.6 is 12.2 Å². The van der Waals surface area contributed by atoms with Gasteiger partial charge in [-0.3, -0.25) is 4.98 Å². The highest BCUT2D eigenvalue weighted by Crippen LogP contribution is 2.38. The third-order valence-electron chi connectivity index (χ3n) is 4.17. The Kier molecular flexibility index (Phi) is 4.43. The number of nitrogens with zero attached hydrogens (tertiary/aromatic N) is 3. The van der Waals surface area contributed by atoms with Crippen molar-refractivity contribution in [1.29, 1.82) is 0 Å². The van der Waals surface area contributed by atoms with Crippen LogP contribution in [0.1, 0.15) is 43.7 Å². The molecule has 3 rings (SSSR count). The molecule has 1 aliphatic heterocycles. The summed E-state index contributed by atoms with van der Waals surface area (Å²) in [5, 5.41) is 4.30. The van der Waals surface area contributed by atoms with Crippen molar-refractivity contribution in [2.75, 3.05) is 6.54 Å². The second-order valence-corrected chi connectivity index (χ2v) is 5.93. The summed E-state index contributed by atoms with van der Waals surface area (Å²) in [6.45, 7) is 6.27. The van der Waals surface area contributed by atoms with E-state index in [4.69, 9.17) is 12.2 Å². The minimum Gasteiger partial charge on any atom is -0.352 e. The lowest BCUT2D eigenvalue weighted by Gasteiger charge is -2.28. The first-order valence-corrected chi connectivity index (χ1v) is 8.30. The maximum absolute atomic E-state index is 5.59. The van der Waals surface area contributed by atoms with Crippen LogP contribution in [-0.4, -0.2) is 26.1 Å². The molecule has 1 fully saturated rings. The van der Waals surface area contributed by atoms with Crippen LogP contribution in [0.5, 0.6) is 0 Å². The molecule has 0 radical (unpaired) electrons. The third-order valence-corrected chi connectivity index (χ3v) is 4.52. The van der Waals surface area contributed by atoms with E-state index in [1.54, 1.807) is 0 Å². The van der Waals surface area contributed by atoms with E-state index in [-0.39, 0.29) is 12.1 Å². The third kappa shape index (κ3) is 2.61. The number of hydrogen-bond acceptors (Lipinski definition) is 2. The van der Waals surface area contributed by atoms with E-state index in [0.29, 0.717) is 0 Å². The number of pyridine rings is 1. The average Bonchev–Trinajstić information content (AvgIpc) is 3.13. The first-order valence-electron chi connectivity index (χ1n) is 7.89. The van der Waals surface area contributed by atoms with Crippen molar-refractivity contribution in [3.63, 3.8) is 0 Å². The van der Waals surface area contributed by atoms with Crippen LogP contribution in [0.15, 0.2) is 42.7 Å². The molecule has 2 atom stereocenters. The van der Waals surface area contributed by atoms with Crippen LogP contribution in [-0.2, 0) is 6.54 Å². The summed E-state index contributed by atoms with van der Waals surface area (Å²) in [5.41, 5.74) is 2.33. The Morgan fingerprint density at radius 2 is 2.09 bits per heavy atom. The standard InChI is InChI=1S/C17H22N4S/c1-3-11-21-16(14-9-7-12-20(14)4-2)15(19-17(21)22)13-8-5-6-10-18-13/h5-10,12,15-16H,3-4,11H2,1-2H3,(H,19,22)/t15-,16+/m1/s1. The van der Waals surface area contributed by atoms with Gasteiger partial charge in [-0.2, -0.15) is 0 Å². The van der Waals surface area contributed by atoms with Crippen molar-refractivity contribution >= 4 is 17.3 Å². The summed E-state index contributed by atoms with van der Waals surface area (Å²) >= 11 is 5.59. The van der Waals surface area contributed by atoms with Gasteiger partial charge in [0.1, 0.15) is 0 Å². The van der Waals surface area contributed by atoms with Crippen LogP contribution in [0.4, 0.5) is 0 Å². The van der Waals surface area contributed by atoms with Crippen LogP contribution < -0.4 is 5.32 Å². The maximum Gasteiger partial charge on any atom is 0.170 e. The lowest BCUT2D eigenvalue weighted by Crippen LogP contribution is -2.31. The van der Waals surface area contributed by atoms with E-state index < -0.39 is 0 Å². The molecule has 2 aromatic heterocycles. The highest BCUT2D eigenvalue weighted by atomic mass is 32.1. The second kappa shape index (κ2) is 6.48. The molecule has 3 heterocycles. The van der Waals surface area contributed by atoms with Gasteiger partial charge in [0, 0.05) is 31.2 Å². The van der Waals surface area contributed by atoms with E-state index >= 15 is 0 Å². The summed E-state index contributed by atoms with van der Waals surface area (Å²) in [4.78, 5) is 6.85. The molecule has 0 aliphatic carbocycles. The quantitative estimate of drug-likeness (QED) is 0.859. The molecule has 0 spiro atoms. The van der Waals surface area contributed by atoms with E-state index in [2.05, 4.69) is 58.0 Å². The van der Waals surface area contributed by atoms with E-state index in [0.717, 1.165) is 30.3 Å². The molecule has 0 bridgehead atoms. The number of rotatable bonds is 5. The van der Waals surface area contributed by atoms with Gasteiger partial charge in [0.25, 0.3) is 0 Å². The molecule has 0 aromatic carbocycles. The Morgan fingerprint density at radius 1 is 1.23 bits per heavy atom. The van der Waals surface area contributed by atoms with Crippen molar-refractivity contribution < 1.29 is 0 Å².